The number of methoxy groups -OCH3 is 1. The van der Waals surface area contributed by atoms with E-state index in [0.29, 0.717) is 10.5 Å². The molecule has 1 aliphatic heterocycles. The van der Waals surface area contributed by atoms with Gasteiger partial charge in [0.05, 0.1) is 7.11 Å². The zero-order valence-corrected chi connectivity index (χ0v) is 18.2. The number of fused-ring (bicyclic) bond motifs is 1. The number of hydrogen-bond acceptors (Lipinski definition) is 4. The SMILES string of the molecule is COc1cccc(/C=C2\SC3C=CC(C(=O)NC4CCCCC4)=CC3=[N+](C)C2=O)c1. The minimum Gasteiger partial charge on any atom is -0.497 e. The molecule has 1 unspecified atom stereocenters. The molecule has 1 atom stereocenters. The summed E-state index contributed by atoms with van der Waals surface area (Å²) in [6, 6.07) is 7.91. The quantitative estimate of drug-likeness (QED) is 0.593. The molecule has 0 aromatic heterocycles. The van der Waals surface area contributed by atoms with Crippen LogP contribution in [-0.4, -0.2) is 47.6 Å². The van der Waals surface area contributed by atoms with Gasteiger partial charge in [-0.15, -0.1) is 0 Å². The van der Waals surface area contributed by atoms with Crippen molar-refractivity contribution in [2.24, 2.45) is 0 Å². The summed E-state index contributed by atoms with van der Waals surface area (Å²) in [6.45, 7) is 0. The number of nitrogens with one attached hydrogen (secondary N) is 1. The highest BCUT2D eigenvalue weighted by Gasteiger charge is 2.38. The number of ether oxygens (including phenoxy) is 1. The Kier molecular flexibility index (Phi) is 6.23. The molecule has 5 nitrogen and oxygen atoms in total. The van der Waals surface area contributed by atoms with Gasteiger partial charge in [-0.3, -0.25) is 4.79 Å². The summed E-state index contributed by atoms with van der Waals surface area (Å²) >= 11 is 1.51. The van der Waals surface area contributed by atoms with Crippen molar-refractivity contribution in [2.45, 2.75) is 43.4 Å². The number of likely N-dealkylation sites (N-methyl/N-ethyl adjacent to an activating group) is 1. The smallest absolute Gasteiger partial charge is 0.425 e. The Morgan fingerprint density at radius 3 is 2.83 bits per heavy atom. The van der Waals surface area contributed by atoms with Gasteiger partial charge in [0.25, 0.3) is 5.91 Å². The molecule has 1 N–H and O–H groups in total. The Morgan fingerprint density at radius 2 is 2.07 bits per heavy atom. The van der Waals surface area contributed by atoms with Crippen LogP contribution in [0.4, 0.5) is 0 Å². The molecular formula is C24H27N2O3S+. The maximum Gasteiger partial charge on any atom is 0.425 e. The third kappa shape index (κ3) is 4.43. The maximum absolute atomic E-state index is 13.0. The lowest BCUT2D eigenvalue weighted by Gasteiger charge is -2.24. The van der Waals surface area contributed by atoms with Crippen LogP contribution in [-0.2, 0) is 9.59 Å². The van der Waals surface area contributed by atoms with Crippen LogP contribution in [0.15, 0.2) is 53.0 Å². The molecule has 1 aromatic carbocycles. The van der Waals surface area contributed by atoms with E-state index in [1.54, 1.807) is 18.7 Å². The Hall–Kier alpha value is -2.60. The highest BCUT2D eigenvalue weighted by Crippen LogP contribution is 2.34. The zero-order valence-electron chi connectivity index (χ0n) is 17.4. The first kappa shape index (κ1) is 20.7. The first-order valence-corrected chi connectivity index (χ1v) is 11.3. The van der Waals surface area contributed by atoms with E-state index >= 15 is 0 Å². The monoisotopic (exact) mass is 423 g/mol. The van der Waals surface area contributed by atoms with Crippen LogP contribution in [0.5, 0.6) is 5.75 Å². The molecule has 1 fully saturated rings. The summed E-state index contributed by atoms with van der Waals surface area (Å²) in [5.41, 5.74) is 2.39. The van der Waals surface area contributed by atoms with Gasteiger partial charge in [0.1, 0.15) is 23.0 Å². The second-order valence-electron chi connectivity index (χ2n) is 7.88. The van der Waals surface area contributed by atoms with Gasteiger partial charge in [-0.2, -0.15) is 4.58 Å². The van der Waals surface area contributed by atoms with Crippen molar-refractivity contribution in [2.75, 3.05) is 14.2 Å². The summed E-state index contributed by atoms with van der Waals surface area (Å²) < 4.78 is 6.93. The zero-order chi connectivity index (χ0) is 21.1. The third-order valence-corrected chi connectivity index (χ3v) is 7.00. The predicted octanol–water partition coefficient (Wildman–Crippen LogP) is 3.71. The minimum atomic E-state index is -0.0624. The fourth-order valence-electron chi connectivity index (χ4n) is 4.07. The number of nitrogens with zero attached hydrogens (tertiary/aromatic N) is 1. The molecule has 1 heterocycles. The van der Waals surface area contributed by atoms with Gasteiger partial charge in [-0.05, 0) is 36.6 Å². The second kappa shape index (κ2) is 9.04. The van der Waals surface area contributed by atoms with E-state index in [1.165, 1.54) is 31.0 Å². The molecule has 2 aliphatic carbocycles. The van der Waals surface area contributed by atoms with E-state index in [4.69, 9.17) is 4.74 Å². The van der Waals surface area contributed by atoms with Crippen LogP contribution in [0.3, 0.4) is 0 Å². The first-order valence-electron chi connectivity index (χ1n) is 10.4. The van der Waals surface area contributed by atoms with Crippen LogP contribution in [0, 0.1) is 0 Å². The van der Waals surface area contributed by atoms with Crippen LogP contribution >= 0.6 is 11.8 Å². The Balaban J connectivity index is 1.55. The molecule has 0 saturated heterocycles. The van der Waals surface area contributed by atoms with Crippen molar-refractivity contribution >= 4 is 35.4 Å². The van der Waals surface area contributed by atoms with Crippen LogP contribution in [0.25, 0.3) is 6.08 Å². The molecule has 3 aliphatic rings. The van der Waals surface area contributed by atoms with Crippen molar-refractivity contribution in [3.05, 3.63) is 58.5 Å². The topological polar surface area (TPSA) is 58.4 Å². The molecule has 6 heteroatoms. The summed E-state index contributed by atoms with van der Waals surface area (Å²) in [7, 11) is 3.40. The standard InChI is InChI=1S/C24H26N2O3S/c1-26-20-15-17(23(27)25-18-8-4-3-5-9-18)11-12-21(20)30-22(24(26)28)14-16-7-6-10-19(13-16)29-2/h6-7,10-15,18,21H,3-5,8-9H2,1-2H3/p+1/b22-14-. The van der Waals surface area contributed by atoms with Crippen LogP contribution in [0.1, 0.15) is 37.7 Å². The molecule has 30 heavy (non-hydrogen) atoms. The number of benzene rings is 1. The molecule has 0 bridgehead atoms. The lowest BCUT2D eigenvalue weighted by Crippen LogP contribution is -2.40. The molecular weight excluding hydrogens is 396 g/mol. The number of amides is 2. The van der Waals surface area contributed by atoms with E-state index in [2.05, 4.69) is 5.32 Å². The fourth-order valence-corrected chi connectivity index (χ4v) is 5.29. The van der Waals surface area contributed by atoms with E-state index in [-0.39, 0.29) is 23.1 Å². The highest BCUT2D eigenvalue weighted by molar-refractivity contribution is 8.05. The average molecular weight is 424 g/mol. The number of carbonyl (C=O) groups excluding carboxylic acids is 2. The first-order chi connectivity index (χ1) is 14.5. The summed E-state index contributed by atoms with van der Waals surface area (Å²) in [6.07, 6.45) is 13.4. The number of thioether (sulfide) groups is 1. The van der Waals surface area contributed by atoms with Gasteiger partial charge in [-0.25, -0.2) is 4.79 Å². The summed E-state index contributed by atoms with van der Waals surface area (Å²) in [5.74, 6) is 0.646. The molecule has 156 valence electrons. The van der Waals surface area contributed by atoms with Gasteiger partial charge in [0.15, 0.2) is 0 Å². The van der Waals surface area contributed by atoms with Gasteiger partial charge in [0.2, 0.25) is 5.71 Å². The average Bonchev–Trinajstić information content (AvgIpc) is 2.78. The van der Waals surface area contributed by atoms with Gasteiger partial charge in [-0.1, -0.05) is 55.3 Å². The van der Waals surface area contributed by atoms with Crippen LogP contribution < -0.4 is 10.1 Å². The Morgan fingerprint density at radius 1 is 1.27 bits per heavy atom. The number of hydrogen-bond donors (Lipinski definition) is 1. The highest BCUT2D eigenvalue weighted by atomic mass is 32.2. The van der Waals surface area contributed by atoms with Crippen molar-refractivity contribution in [3.8, 4) is 5.75 Å². The van der Waals surface area contributed by atoms with Gasteiger partial charge in [0, 0.05) is 17.7 Å². The fraction of sp³-hybridized carbons (Fsp3) is 0.375. The van der Waals surface area contributed by atoms with Crippen molar-refractivity contribution in [3.63, 3.8) is 0 Å². The number of rotatable bonds is 4. The Labute approximate surface area is 181 Å². The molecule has 1 aromatic rings. The number of carbonyl (C=O) groups is 2. The molecule has 1 saturated carbocycles. The van der Waals surface area contributed by atoms with Gasteiger partial charge < -0.3 is 10.1 Å². The summed E-state index contributed by atoms with van der Waals surface area (Å²) in [4.78, 5) is 26.4. The lowest BCUT2D eigenvalue weighted by atomic mass is 9.95. The largest absolute Gasteiger partial charge is 0.497 e. The third-order valence-electron chi connectivity index (χ3n) is 5.80. The molecule has 4 rings (SSSR count). The Bertz CT molecular complexity index is 984. The minimum absolute atomic E-state index is 0.00999. The predicted molar refractivity (Wildman–Crippen MR) is 121 cm³/mol. The normalized spacial score (nSPS) is 23.3. The molecule has 0 spiro atoms. The van der Waals surface area contributed by atoms with Crippen LogP contribution in [0.2, 0.25) is 0 Å². The van der Waals surface area contributed by atoms with E-state index < -0.39 is 0 Å². The van der Waals surface area contributed by atoms with E-state index in [1.807, 2.05) is 48.6 Å². The van der Waals surface area contributed by atoms with E-state index in [9.17, 15) is 9.59 Å². The molecule has 0 radical (unpaired) electrons. The molecule has 2 amide bonds. The van der Waals surface area contributed by atoms with Crippen molar-refractivity contribution in [1.82, 2.24) is 5.32 Å². The van der Waals surface area contributed by atoms with Gasteiger partial charge >= 0.3 is 5.91 Å². The number of allylic oxidation sites excluding steroid dienone is 1. The summed E-state index contributed by atoms with van der Waals surface area (Å²) in [5, 5.41) is 3.17. The van der Waals surface area contributed by atoms with Crippen molar-refractivity contribution in [1.29, 1.82) is 0 Å². The van der Waals surface area contributed by atoms with E-state index in [0.717, 1.165) is 29.9 Å². The maximum atomic E-state index is 13.0. The lowest BCUT2D eigenvalue weighted by molar-refractivity contribution is -0.413. The second-order valence-corrected chi connectivity index (χ2v) is 9.06. The van der Waals surface area contributed by atoms with Crippen molar-refractivity contribution < 1.29 is 18.9 Å².